The van der Waals surface area contributed by atoms with Crippen LogP contribution in [-0.2, 0) is 10.4 Å². The van der Waals surface area contributed by atoms with Crippen molar-refractivity contribution in [2.75, 3.05) is 7.11 Å². The van der Waals surface area contributed by atoms with Crippen molar-refractivity contribution < 1.29 is 4.74 Å². The van der Waals surface area contributed by atoms with E-state index in [2.05, 4.69) is 37.0 Å². The number of methoxy groups -OCH3 is 1. The predicted molar refractivity (Wildman–Crippen MR) is 123 cm³/mol. The average molecular weight is 425 g/mol. The van der Waals surface area contributed by atoms with Crippen LogP contribution in [0.3, 0.4) is 0 Å². The van der Waals surface area contributed by atoms with Crippen molar-refractivity contribution in [2.45, 2.75) is 57.7 Å². The van der Waals surface area contributed by atoms with Crippen molar-refractivity contribution in [1.82, 2.24) is 4.98 Å². The molecule has 158 valence electrons. The lowest BCUT2D eigenvalue weighted by atomic mass is 9.74. The molecule has 0 radical (unpaired) electrons. The van der Waals surface area contributed by atoms with Gasteiger partial charge in [0.05, 0.1) is 16.8 Å². The summed E-state index contributed by atoms with van der Waals surface area (Å²) in [7, 11) is 1.80. The van der Waals surface area contributed by atoms with Crippen LogP contribution in [0.25, 0.3) is 11.1 Å². The second-order valence-corrected chi connectivity index (χ2v) is 8.70. The highest BCUT2D eigenvalue weighted by atomic mass is 35.5. The minimum atomic E-state index is -0.666. The molecule has 4 rings (SSSR count). The lowest BCUT2D eigenvalue weighted by molar-refractivity contribution is 0.0426. The number of rotatable bonds is 5. The van der Waals surface area contributed by atoms with Crippen molar-refractivity contribution in [1.29, 1.82) is 0 Å². The van der Waals surface area contributed by atoms with E-state index in [0.717, 1.165) is 54.5 Å². The summed E-state index contributed by atoms with van der Waals surface area (Å²) in [6, 6.07) is 8.38. The number of amidine groups is 1. The molecule has 1 aliphatic heterocycles. The van der Waals surface area contributed by atoms with Gasteiger partial charge in [-0.1, -0.05) is 30.7 Å². The summed E-state index contributed by atoms with van der Waals surface area (Å²) in [5.74, 6) is 0.860. The zero-order valence-corrected chi connectivity index (χ0v) is 18.6. The van der Waals surface area contributed by atoms with Crippen LogP contribution in [0.2, 0.25) is 5.02 Å². The lowest BCUT2D eigenvalue weighted by Crippen LogP contribution is -2.36. The smallest absolute Gasteiger partial charge is 0.181 e. The van der Waals surface area contributed by atoms with Crippen LogP contribution >= 0.6 is 11.6 Å². The first-order chi connectivity index (χ1) is 14.5. The van der Waals surface area contributed by atoms with Crippen LogP contribution in [0.1, 0.15) is 50.2 Å². The standard InChI is InChI=1S/C24H29ClN4O/c1-4-22-23(26)29-24(28-22,18-7-9-20(30-3)10-8-18)21-12-16(6-5-15(21)2)17-11-19(25)14-27-13-17/h5-6,11-14,18,20H,4,7-10H2,1-3H3,(H2,26,29). The Hall–Kier alpha value is -2.24. The molecule has 1 aromatic heterocycles. The van der Waals surface area contributed by atoms with Crippen LogP contribution in [0, 0.1) is 12.8 Å². The van der Waals surface area contributed by atoms with Crippen LogP contribution in [0.4, 0.5) is 0 Å². The minimum absolute atomic E-state index is 0.290. The van der Waals surface area contributed by atoms with Crippen LogP contribution in [0.5, 0.6) is 0 Å². The third-order valence-electron chi connectivity index (χ3n) is 6.48. The summed E-state index contributed by atoms with van der Waals surface area (Å²) in [5.41, 5.74) is 10.9. The Morgan fingerprint density at radius 1 is 1.10 bits per heavy atom. The van der Waals surface area contributed by atoms with E-state index in [0.29, 0.717) is 17.0 Å². The van der Waals surface area contributed by atoms with Gasteiger partial charge in [-0.25, -0.2) is 4.99 Å². The minimum Gasteiger partial charge on any atom is -0.382 e. The molecule has 2 aromatic rings. The first-order valence-corrected chi connectivity index (χ1v) is 11.0. The highest BCUT2D eigenvalue weighted by molar-refractivity contribution is 6.42. The Morgan fingerprint density at radius 2 is 1.87 bits per heavy atom. The molecular formula is C24H29ClN4O. The number of halogens is 1. The van der Waals surface area contributed by atoms with Gasteiger partial charge in [0.25, 0.3) is 0 Å². The molecule has 1 unspecified atom stereocenters. The highest BCUT2D eigenvalue weighted by Gasteiger charge is 2.46. The molecule has 1 atom stereocenters. The van der Waals surface area contributed by atoms with Gasteiger partial charge in [0, 0.05) is 36.5 Å². The number of pyridine rings is 1. The van der Waals surface area contributed by atoms with Crippen LogP contribution in [-0.4, -0.2) is 29.7 Å². The van der Waals surface area contributed by atoms with Gasteiger partial charge in [-0.2, -0.15) is 0 Å². The fourth-order valence-corrected chi connectivity index (χ4v) is 4.96. The van der Waals surface area contributed by atoms with E-state index in [-0.39, 0.29) is 5.92 Å². The largest absolute Gasteiger partial charge is 0.382 e. The maximum absolute atomic E-state index is 6.35. The molecule has 6 heteroatoms. The fourth-order valence-electron chi connectivity index (χ4n) is 4.79. The van der Waals surface area contributed by atoms with Gasteiger partial charge >= 0.3 is 0 Å². The number of ether oxygens (including phenoxy) is 1. The Balaban J connectivity index is 1.83. The number of hydrogen-bond acceptors (Lipinski definition) is 5. The number of hydrogen-bond donors (Lipinski definition) is 1. The second kappa shape index (κ2) is 8.48. The fraction of sp³-hybridized carbons (Fsp3) is 0.458. The molecule has 30 heavy (non-hydrogen) atoms. The summed E-state index contributed by atoms with van der Waals surface area (Å²) in [4.78, 5) is 14.5. The van der Waals surface area contributed by atoms with Gasteiger partial charge in [0.1, 0.15) is 5.84 Å². The quantitative estimate of drug-likeness (QED) is 0.708. The maximum atomic E-state index is 6.35. The normalized spacial score (nSPS) is 26.4. The van der Waals surface area contributed by atoms with Crippen molar-refractivity contribution in [3.05, 3.63) is 52.8 Å². The van der Waals surface area contributed by atoms with Crippen molar-refractivity contribution in [3.8, 4) is 11.1 Å². The van der Waals surface area contributed by atoms with Gasteiger partial charge in [0.15, 0.2) is 5.66 Å². The predicted octanol–water partition coefficient (Wildman–Crippen LogP) is 5.29. The molecule has 0 saturated heterocycles. The molecule has 2 N–H and O–H groups in total. The van der Waals surface area contributed by atoms with Crippen LogP contribution < -0.4 is 5.73 Å². The second-order valence-electron chi connectivity index (χ2n) is 8.27. The molecule has 5 nitrogen and oxygen atoms in total. The molecular weight excluding hydrogens is 396 g/mol. The number of nitrogens with zero attached hydrogens (tertiary/aromatic N) is 3. The van der Waals surface area contributed by atoms with E-state index < -0.39 is 5.66 Å². The summed E-state index contributed by atoms with van der Waals surface area (Å²) in [5, 5.41) is 0.622. The van der Waals surface area contributed by atoms with E-state index in [1.54, 1.807) is 13.3 Å². The van der Waals surface area contributed by atoms with Crippen molar-refractivity contribution >= 4 is 23.1 Å². The molecule has 2 heterocycles. The number of aryl methyl sites for hydroxylation is 1. The average Bonchev–Trinajstić information content (AvgIpc) is 3.11. The Morgan fingerprint density at radius 3 is 2.50 bits per heavy atom. The molecule has 0 amide bonds. The molecule has 1 saturated carbocycles. The molecule has 1 fully saturated rings. The molecule has 1 aliphatic carbocycles. The summed E-state index contributed by atoms with van der Waals surface area (Å²) in [6.45, 7) is 4.21. The third-order valence-corrected chi connectivity index (χ3v) is 6.68. The summed E-state index contributed by atoms with van der Waals surface area (Å²) >= 11 is 6.19. The molecule has 1 aromatic carbocycles. The number of nitrogens with two attached hydrogens (primary N) is 1. The van der Waals surface area contributed by atoms with E-state index in [1.165, 1.54) is 5.56 Å². The highest BCUT2D eigenvalue weighted by Crippen LogP contribution is 2.47. The molecule has 2 aliphatic rings. The topological polar surface area (TPSA) is 72.9 Å². The van der Waals surface area contributed by atoms with Crippen molar-refractivity contribution in [3.63, 3.8) is 0 Å². The lowest BCUT2D eigenvalue weighted by Gasteiger charge is -2.38. The summed E-state index contributed by atoms with van der Waals surface area (Å²) in [6.07, 6.45) is 8.65. The van der Waals surface area contributed by atoms with Gasteiger partial charge in [-0.3, -0.25) is 9.98 Å². The van der Waals surface area contributed by atoms with Crippen molar-refractivity contribution in [2.24, 2.45) is 21.6 Å². The van der Waals surface area contributed by atoms with Gasteiger partial charge in [-0.15, -0.1) is 0 Å². The van der Waals surface area contributed by atoms with Crippen LogP contribution in [0.15, 0.2) is 46.6 Å². The first kappa shape index (κ1) is 21.0. The van der Waals surface area contributed by atoms with Gasteiger partial charge in [-0.05, 0) is 62.3 Å². The number of aliphatic imine (C=N–C) groups is 2. The monoisotopic (exact) mass is 424 g/mol. The SMILES string of the molecule is CCC1=NC(c2cc(-c3cncc(Cl)c3)ccc2C)(C2CCC(OC)CC2)N=C1N. The third kappa shape index (κ3) is 3.77. The zero-order chi connectivity index (χ0) is 21.3. The first-order valence-electron chi connectivity index (χ1n) is 10.7. The van der Waals surface area contributed by atoms with Gasteiger partial charge in [0.2, 0.25) is 0 Å². The van der Waals surface area contributed by atoms with E-state index >= 15 is 0 Å². The van der Waals surface area contributed by atoms with E-state index in [1.807, 2.05) is 12.3 Å². The Kier molecular flexibility index (Phi) is 5.94. The van der Waals surface area contributed by atoms with E-state index in [9.17, 15) is 0 Å². The Bertz CT molecular complexity index is 994. The van der Waals surface area contributed by atoms with Gasteiger partial charge < -0.3 is 10.5 Å². The Labute approximate surface area is 183 Å². The molecule has 0 spiro atoms. The number of benzene rings is 1. The molecule has 0 bridgehead atoms. The summed E-state index contributed by atoms with van der Waals surface area (Å²) < 4.78 is 5.60. The maximum Gasteiger partial charge on any atom is 0.181 e. The zero-order valence-electron chi connectivity index (χ0n) is 17.9. The van der Waals surface area contributed by atoms with E-state index in [4.69, 9.17) is 32.1 Å². The number of aromatic nitrogens is 1.